The van der Waals surface area contributed by atoms with E-state index in [1.54, 1.807) is 20.4 Å². The van der Waals surface area contributed by atoms with Gasteiger partial charge in [0.1, 0.15) is 30.0 Å². The van der Waals surface area contributed by atoms with Gasteiger partial charge in [0, 0.05) is 25.9 Å². The third-order valence-electron chi connectivity index (χ3n) is 4.63. The molecular formula is C25H31IN4O3. The van der Waals surface area contributed by atoms with Crippen molar-refractivity contribution in [2.24, 2.45) is 4.99 Å². The summed E-state index contributed by atoms with van der Waals surface area (Å²) in [6.07, 6.45) is 1.71. The van der Waals surface area contributed by atoms with Crippen LogP contribution in [0.1, 0.15) is 18.2 Å². The largest absolute Gasteiger partial charge is 0.497 e. The van der Waals surface area contributed by atoms with Crippen molar-refractivity contribution in [2.75, 3.05) is 20.7 Å². The van der Waals surface area contributed by atoms with Crippen LogP contribution in [0.3, 0.4) is 0 Å². The molecule has 0 radical (unpaired) electrons. The van der Waals surface area contributed by atoms with Crippen LogP contribution in [0.4, 0.5) is 0 Å². The zero-order chi connectivity index (χ0) is 22.6. The van der Waals surface area contributed by atoms with E-state index in [0.29, 0.717) is 25.7 Å². The van der Waals surface area contributed by atoms with Gasteiger partial charge in [0.25, 0.3) is 0 Å². The summed E-state index contributed by atoms with van der Waals surface area (Å²) in [4.78, 5) is 8.57. The van der Waals surface area contributed by atoms with Crippen LogP contribution in [-0.2, 0) is 13.2 Å². The SMILES string of the molecule is CN=C(NCc1cccc(OCc2ccccn2)c1)NCC(C)Oc1cccc(OC)c1.I. The first-order valence-electron chi connectivity index (χ1n) is 10.5. The van der Waals surface area contributed by atoms with Gasteiger partial charge in [-0.05, 0) is 48.9 Å². The van der Waals surface area contributed by atoms with Crippen molar-refractivity contribution in [3.8, 4) is 17.2 Å². The average Bonchev–Trinajstić information content (AvgIpc) is 2.84. The molecule has 3 rings (SSSR count). The normalized spacial score (nSPS) is 11.7. The summed E-state index contributed by atoms with van der Waals surface area (Å²) in [5, 5.41) is 6.61. The third-order valence-corrected chi connectivity index (χ3v) is 4.63. The van der Waals surface area contributed by atoms with Crippen LogP contribution in [0, 0.1) is 0 Å². The number of benzene rings is 2. The fourth-order valence-electron chi connectivity index (χ4n) is 2.98. The highest BCUT2D eigenvalue weighted by molar-refractivity contribution is 14.0. The number of nitrogens with zero attached hydrogens (tertiary/aromatic N) is 2. The molecule has 3 aromatic rings. The minimum absolute atomic E-state index is 0. The van der Waals surface area contributed by atoms with E-state index in [0.717, 1.165) is 28.5 Å². The maximum Gasteiger partial charge on any atom is 0.191 e. The number of guanidine groups is 1. The van der Waals surface area contributed by atoms with Crippen molar-refractivity contribution in [1.29, 1.82) is 0 Å². The molecule has 0 aliphatic rings. The molecule has 1 heterocycles. The van der Waals surface area contributed by atoms with Crippen LogP contribution in [0.15, 0.2) is 77.9 Å². The first-order valence-corrected chi connectivity index (χ1v) is 10.5. The summed E-state index contributed by atoms with van der Waals surface area (Å²) in [5.74, 6) is 3.04. The van der Waals surface area contributed by atoms with Gasteiger partial charge in [0.15, 0.2) is 5.96 Å². The van der Waals surface area contributed by atoms with E-state index in [2.05, 4.69) is 20.6 Å². The third kappa shape index (κ3) is 9.17. The van der Waals surface area contributed by atoms with E-state index in [4.69, 9.17) is 14.2 Å². The molecule has 176 valence electrons. The fourth-order valence-corrected chi connectivity index (χ4v) is 2.98. The molecule has 0 aliphatic heterocycles. The summed E-state index contributed by atoms with van der Waals surface area (Å²) in [5.41, 5.74) is 1.98. The van der Waals surface area contributed by atoms with Crippen LogP contribution in [-0.4, -0.2) is 37.7 Å². The number of nitrogens with one attached hydrogen (secondary N) is 2. The predicted octanol–water partition coefficient (Wildman–Crippen LogP) is 4.42. The molecule has 0 saturated heterocycles. The van der Waals surface area contributed by atoms with Gasteiger partial charge in [-0.15, -0.1) is 24.0 Å². The van der Waals surface area contributed by atoms with Gasteiger partial charge in [-0.3, -0.25) is 9.98 Å². The van der Waals surface area contributed by atoms with Crippen LogP contribution in [0.25, 0.3) is 0 Å². The molecule has 0 fully saturated rings. The van der Waals surface area contributed by atoms with E-state index >= 15 is 0 Å². The second-order valence-corrected chi connectivity index (χ2v) is 7.17. The molecule has 1 unspecified atom stereocenters. The molecule has 0 bridgehead atoms. The van der Waals surface area contributed by atoms with E-state index in [1.165, 1.54) is 0 Å². The smallest absolute Gasteiger partial charge is 0.191 e. The highest BCUT2D eigenvalue weighted by atomic mass is 127. The van der Waals surface area contributed by atoms with Gasteiger partial charge >= 0.3 is 0 Å². The maximum absolute atomic E-state index is 5.95. The molecular weight excluding hydrogens is 531 g/mol. The topological polar surface area (TPSA) is 77.0 Å². The molecule has 1 atom stereocenters. The number of rotatable bonds is 10. The Kier molecular flexibility index (Phi) is 11.3. The van der Waals surface area contributed by atoms with E-state index in [1.807, 2.05) is 73.7 Å². The van der Waals surface area contributed by atoms with Gasteiger partial charge in [-0.25, -0.2) is 0 Å². The molecule has 33 heavy (non-hydrogen) atoms. The quantitative estimate of drug-likeness (QED) is 0.217. The minimum Gasteiger partial charge on any atom is -0.497 e. The lowest BCUT2D eigenvalue weighted by atomic mass is 10.2. The Hall–Kier alpha value is -3.01. The van der Waals surface area contributed by atoms with Gasteiger partial charge in [-0.2, -0.15) is 0 Å². The Balaban J connectivity index is 0.00000385. The second kappa shape index (κ2) is 14.2. The second-order valence-electron chi connectivity index (χ2n) is 7.17. The molecule has 2 aromatic carbocycles. The summed E-state index contributed by atoms with van der Waals surface area (Å²) in [7, 11) is 3.39. The van der Waals surface area contributed by atoms with E-state index < -0.39 is 0 Å². The molecule has 1 aromatic heterocycles. The number of ether oxygens (including phenoxy) is 3. The number of pyridine rings is 1. The van der Waals surface area contributed by atoms with Crippen molar-refractivity contribution in [3.05, 3.63) is 84.2 Å². The Morgan fingerprint density at radius 2 is 1.76 bits per heavy atom. The van der Waals surface area contributed by atoms with Crippen LogP contribution in [0.5, 0.6) is 17.2 Å². The lowest BCUT2D eigenvalue weighted by Gasteiger charge is -2.18. The lowest BCUT2D eigenvalue weighted by molar-refractivity contribution is 0.223. The van der Waals surface area contributed by atoms with Crippen LogP contribution >= 0.6 is 24.0 Å². The van der Waals surface area contributed by atoms with Gasteiger partial charge in [0.2, 0.25) is 0 Å². The lowest BCUT2D eigenvalue weighted by Crippen LogP contribution is -2.41. The summed E-state index contributed by atoms with van der Waals surface area (Å²) in [6, 6.07) is 21.3. The molecule has 2 N–H and O–H groups in total. The standard InChI is InChI=1S/C25H30N4O3.HI/c1-19(32-24-12-7-10-22(15-24)30-3)16-28-25(26-2)29-17-20-8-6-11-23(14-20)31-18-21-9-4-5-13-27-21;/h4-15,19H,16-18H2,1-3H3,(H2,26,28,29);1H. The molecule has 0 amide bonds. The van der Waals surface area contributed by atoms with Gasteiger partial charge < -0.3 is 24.8 Å². The average molecular weight is 562 g/mol. The van der Waals surface area contributed by atoms with Crippen molar-refractivity contribution in [3.63, 3.8) is 0 Å². The predicted molar refractivity (Wildman–Crippen MR) is 142 cm³/mol. The number of aromatic nitrogens is 1. The fraction of sp³-hybridized carbons (Fsp3) is 0.280. The zero-order valence-corrected chi connectivity index (χ0v) is 21.5. The number of aliphatic imine (C=N–C) groups is 1. The van der Waals surface area contributed by atoms with E-state index in [-0.39, 0.29) is 30.1 Å². The van der Waals surface area contributed by atoms with Gasteiger partial charge in [0.05, 0.1) is 19.3 Å². The molecule has 8 heteroatoms. The van der Waals surface area contributed by atoms with Gasteiger partial charge in [-0.1, -0.05) is 24.3 Å². The Bertz CT molecular complexity index is 1000. The molecule has 0 spiro atoms. The number of methoxy groups -OCH3 is 1. The van der Waals surface area contributed by atoms with Crippen molar-refractivity contribution < 1.29 is 14.2 Å². The van der Waals surface area contributed by atoms with E-state index in [9.17, 15) is 0 Å². The Morgan fingerprint density at radius 1 is 0.970 bits per heavy atom. The van der Waals surface area contributed by atoms with Crippen molar-refractivity contribution in [2.45, 2.75) is 26.2 Å². The Morgan fingerprint density at radius 3 is 2.52 bits per heavy atom. The number of hydrogen-bond donors (Lipinski definition) is 2. The molecule has 0 aliphatic carbocycles. The van der Waals surface area contributed by atoms with Crippen LogP contribution < -0.4 is 24.8 Å². The first-order chi connectivity index (χ1) is 15.7. The first kappa shape index (κ1) is 26.2. The number of halogens is 1. The highest BCUT2D eigenvalue weighted by Crippen LogP contribution is 2.19. The number of hydrogen-bond acceptors (Lipinski definition) is 5. The maximum atomic E-state index is 5.95. The van der Waals surface area contributed by atoms with Crippen molar-refractivity contribution >= 4 is 29.9 Å². The Labute approximate surface area is 212 Å². The summed E-state index contributed by atoms with van der Waals surface area (Å²) in [6.45, 7) is 3.66. The zero-order valence-electron chi connectivity index (χ0n) is 19.2. The minimum atomic E-state index is -0.0519. The summed E-state index contributed by atoms with van der Waals surface area (Å²) >= 11 is 0. The molecule has 7 nitrogen and oxygen atoms in total. The highest BCUT2D eigenvalue weighted by Gasteiger charge is 2.07. The molecule has 0 saturated carbocycles. The summed E-state index contributed by atoms with van der Waals surface area (Å²) < 4.78 is 17.0. The van der Waals surface area contributed by atoms with Crippen LogP contribution in [0.2, 0.25) is 0 Å². The van der Waals surface area contributed by atoms with Crippen molar-refractivity contribution in [1.82, 2.24) is 15.6 Å². The monoisotopic (exact) mass is 562 g/mol.